The first-order valence-corrected chi connectivity index (χ1v) is 8.60. The number of rotatable bonds is 6. The van der Waals surface area contributed by atoms with Crippen LogP contribution in [0.25, 0.3) is 0 Å². The summed E-state index contributed by atoms with van der Waals surface area (Å²) in [6.07, 6.45) is 4.37. The summed E-state index contributed by atoms with van der Waals surface area (Å²) >= 11 is 1.35. The van der Waals surface area contributed by atoms with Crippen molar-refractivity contribution in [2.45, 2.75) is 19.1 Å². The first kappa shape index (κ1) is 16.0. The van der Waals surface area contributed by atoms with Gasteiger partial charge in [-0.05, 0) is 18.6 Å². The lowest BCUT2D eigenvalue weighted by Crippen LogP contribution is -2.43. The molecular formula is C16H20N4O2S. The van der Waals surface area contributed by atoms with Gasteiger partial charge in [0.25, 0.3) is 5.91 Å². The zero-order valence-corrected chi connectivity index (χ0v) is 13.7. The SMILES string of the molecule is O=C(NCCC1CN(Cc2ccccn2)CCO1)c1cncs1. The van der Waals surface area contributed by atoms with Crippen LogP contribution in [-0.2, 0) is 11.3 Å². The van der Waals surface area contributed by atoms with Crippen LogP contribution < -0.4 is 5.32 Å². The monoisotopic (exact) mass is 332 g/mol. The van der Waals surface area contributed by atoms with Crippen molar-refractivity contribution in [3.8, 4) is 0 Å². The molecule has 3 heterocycles. The number of hydrogen-bond donors (Lipinski definition) is 1. The Morgan fingerprint density at radius 2 is 2.43 bits per heavy atom. The Kier molecular flexibility index (Phi) is 5.68. The highest BCUT2D eigenvalue weighted by Gasteiger charge is 2.20. The maximum Gasteiger partial charge on any atom is 0.262 e. The molecule has 1 saturated heterocycles. The Labute approximate surface area is 139 Å². The molecule has 2 aromatic heterocycles. The normalized spacial score (nSPS) is 18.7. The summed E-state index contributed by atoms with van der Waals surface area (Å²) in [6, 6.07) is 5.98. The summed E-state index contributed by atoms with van der Waals surface area (Å²) in [7, 11) is 0. The van der Waals surface area contributed by atoms with Crippen LogP contribution in [0.5, 0.6) is 0 Å². The van der Waals surface area contributed by atoms with E-state index in [0.29, 0.717) is 11.4 Å². The van der Waals surface area contributed by atoms with Crippen molar-refractivity contribution >= 4 is 17.2 Å². The highest BCUT2D eigenvalue weighted by Crippen LogP contribution is 2.11. The van der Waals surface area contributed by atoms with Crippen LogP contribution in [0.3, 0.4) is 0 Å². The van der Waals surface area contributed by atoms with Gasteiger partial charge in [-0.2, -0.15) is 0 Å². The van der Waals surface area contributed by atoms with Crippen molar-refractivity contribution < 1.29 is 9.53 Å². The molecule has 1 N–H and O–H groups in total. The van der Waals surface area contributed by atoms with E-state index in [1.807, 2.05) is 24.4 Å². The number of amides is 1. The summed E-state index contributed by atoms with van der Waals surface area (Å²) in [6.45, 7) is 3.96. The second-order valence-corrected chi connectivity index (χ2v) is 6.35. The fourth-order valence-electron chi connectivity index (χ4n) is 2.58. The van der Waals surface area contributed by atoms with E-state index in [4.69, 9.17) is 4.74 Å². The minimum atomic E-state index is -0.0614. The number of ether oxygens (including phenoxy) is 1. The summed E-state index contributed by atoms with van der Waals surface area (Å²) in [5.74, 6) is -0.0614. The summed E-state index contributed by atoms with van der Waals surface area (Å²) in [4.78, 5) is 23.1. The maximum atomic E-state index is 11.9. The number of nitrogens with one attached hydrogen (secondary N) is 1. The van der Waals surface area contributed by atoms with E-state index in [9.17, 15) is 4.79 Å². The van der Waals surface area contributed by atoms with Gasteiger partial charge in [-0.15, -0.1) is 11.3 Å². The zero-order chi connectivity index (χ0) is 15.9. The van der Waals surface area contributed by atoms with Crippen LogP contribution in [0.1, 0.15) is 21.8 Å². The molecule has 1 fully saturated rings. The van der Waals surface area contributed by atoms with Crippen molar-refractivity contribution in [2.24, 2.45) is 0 Å². The standard InChI is InChI=1S/C16H20N4O2S/c21-16(15-9-17-12-23-15)19-6-4-14-11-20(7-8-22-14)10-13-3-1-2-5-18-13/h1-3,5,9,12,14H,4,6-8,10-11H2,(H,19,21). The van der Waals surface area contributed by atoms with Crippen molar-refractivity contribution in [3.05, 3.63) is 46.7 Å². The Balaban J connectivity index is 1.41. The molecule has 6 nitrogen and oxygen atoms in total. The molecule has 23 heavy (non-hydrogen) atoms. The molecule has 0 radical (unpaired) electrons. The Bertz CT molecular complexity index is 606. The molecule has 0 spiro atoms. The second kappa shape index (κ2) is 8.14. The van der Waals surface area contributed by atoms with Gasteiger partial charge in [0.05, 0.1) is 30.1 Å². The third kappa shape index (κ3) is 4.82. The molecule has 3 rings (SSSR count). The molecule has 0 aromatic carbocycles. The third-order valence-corrected chi connectivity index (χ3v) is 4.51. The van der Waals surface area contributed by atoms with E-state index in [1.165, 1.54) is 11.3 Å². The van der Waals surface area contributed by atoms with Crippen molar-refractivity contribution in [1.82, 2.24) is 20.2 Å². The summed E-state index contributed by atoms with van der Waals surface area (Å²) < 4.78 is 5.80. The lowest BCUT2D eigenvalue weighted by molar-refractivity contribution is -0.0345. The average molecular weight is 332 g/mol. The average Bonchev–Trinajstić information content (AvgIpc) is 3.11. The second-order valence-electron chi connectivity index (χ2n) is 5.46. The predicted octanol–water partition coefficient (Wildman–Crippen LogP) is 1.56. The van der Waals surface area contributed by atoms with E-state index in [-0.39, 0.29) is 12.0 Å². The van der Waals surface area contributed by atoms with Gasteiger partial charge in [0.1, 0.15) is 4.88 Å². The molecule has 122 valence electrons. The topological polar surface area (TPSA) is 67.4 Å². The largest absolute Gasteiger partial charge is 0.375 e. The molecule has 0 bridgehead atoms. The first-order chi connectivity index (χ1) is 11.3. The quantitative estimate of drug-likeness (QED) is 0.869. The lowest BCUT2D eigenvalue weighted by Gasteiger charge is -2.32. The third-order valence-electron chi connectivity index (χ3n) is 3.74. The van der Waals surface area contributed by atoms with Gasteiger partial charge in [-0.3, -0.25) is 19.7 Å². The lowest BCUT2D eigenvalue weighted by atomic mass is 10.2. The van der Waals surface area contributed by atoms with Crippen LogP contribution in [0.4, 0.5) is 0 Å². The summed E-state index contributed by atoms with van der Waals surface area (Å²) in [5, 5.41) is 2.92. The minimum Gasteiger partial charge on any atom is -0.375 e. The molecule has 1 atom stereocenters. The molecule has 2 aromatic rings. The maximum absolute atomic E-state index is 11.9. The number of aromatic nitrogens is 2. The predicted molar refractivity (Wildman–Crippen MR) is 88.3 cm³/mol. The van der Waals surface area contributed by atoms with Gasteiger partial charge in [0, 0.05) is 32.4 Å². The van der Waals surface area contributed by atoms with Crippen LogP contribution in [-0.4, -0.2) is 53.1 Å². The van der Waals surface area contributed by atoms with E-state index in [0.717, 1.165) is 38.4 Å². The molecule has 7 heteroatoms. The molecule has 1 unspecified atom stereocenters. The van der Waals surface area contributed by atoms with Gasteiger partial charge in [-0.25, -0.2) is 0 Å². The number of hydrogen-bond acceptors (Lipinski definition) is 6. The van der Waals surface area contributed by atoms with Crippen molar-refractivity contribution in [2.75, 3.05) is 26.2 Å². The number of nitrogens with zero attached hydrogens (tertiary/aromatic N) is 3. The van der Waals surface area contributed by atoms with Crippen LogP contribution >= 0.6 is 11.3 Å². The highest BCUT2D eigenvalue weighted by atomic mass is 32.1. The van der Waals surface area contributed by atoms with Crippen LogP contribution in [0.15, 0.2) is 36.1 Å². The zero-order valence-electron chi connectivity index (χ0n) is 12.9. The molecule has 0 saturated carbocycles. The Morgan fingerprint density at radius 1 is 1.48 bits per heavy atom. The van der Waals surface area contributed by atoms with Gasteiger partial charge in [-0.1, -0.05) is 6.07 Å². The molecule has 1 amide bonds. The minimum absolute atomic E-state index is 0.0614. The van der Waals surface area contributed by atoms with E-state index >= 15 is 0 Å². The van der Waals surface area contributed by atoms with Crippen molar-refractivity contribution in [3.63, 3.8) is 0 Å². The Morgan fingerprint density at radius 3 is 3.22 bits per heavy atom. The molecule has 1 aliphatic rings. The Hall–Kier alpha value is -1.83. The van der Waals surface area contributed by atoms with E-state index in [2.05, 4.69) is 20.2 Å². The van der Waals surface area contributed by atoms with E-state index < -0.39 is 0 Å². The fraction of sp³-hybridized carbons (Fsp3) is 0.438. The first-order valence-electron chi connectivity index (χ1n) is 7.72. The van der Waals surface area contributed by atoms with E-state index in [1.54, 1.807) is 11.7 Å². The number of morpholine rings is 1. The van der Waals surface area contributed by atoms with Gasteiger partial charge >= 0.3 is 0 Å². The fourth-order valence-corrected chi connectivity index (χ4v) is 3.12. The van der Waals surface area contributed by atoms with Crippen molar-refractivity contribution in [1.29, 1.82) is 0 Å². The van der Waals surface area contributed by atoms with Gasteiger partial charge in [0.2, 0.25) is 0 Å². The number of pyridine rings is 1. The smallest absolute Gasteiger partial charge is 0.262 e. The molecule has 1 aliphatic heterocycles. The molecular weight excluding hydrogens is 312 g/mol. The summed E-state index contributed by atoms with van der Waals surface area (Å²) in [5.41, 5.74) is 2.74. The van der Waals surface area contributed by atoms with Gasteiger partial charge < -0.3 is 10.1 Å². The van der Waals surface area contributed by atoms with Crippen LogP contribution in [0.2, 0.25) is 0 Å². The number of thiazole rings is 1. The number of carbonyl (C=O) groups is 1. The number of carbonyl (C=O) groups excluding carboxylic acids is 1. The molecule has 0 aliphatic carbocycles. The highest BCUT2D eigenvalue weighted by molar-refractivity contribution is 7.11. The van der Waals surface area contributed by atoms with Crippen LogP contribution in [0, 0.1) is 0 Å². The van der Waals surface area contributed by atoms with Gasteiger partial charge in [0.15, 0.2) is 0 Å².